The fourth-order valence-electron chi connectivity index (χ4n) is 7.87. The lowest BCUT2D eigenvalue weighted by Gasteiger charge is -2.16. The van der Waals surface area contributed by atoms with Gasteiger partial charge in [-0.25, -0.2) is 19.2 Å². The van der Waals surface area contributed by atoms with Crippen molar-refractivity contribution in [2.45, 2.75) is 51.4 Å². The van der Waals surface area contributed by atoms with Crippen molar-refractivity contribution in [2.24, 2.45) is 0 Å². The summed E-state index contributed by atoms with van der Waals surface area (Å²) in [5.41, 5.74) is 2.77. The Morgan fingerprint density at radius 3 is 1.14 bits per heavy atom. The first-order valence-electron chi connectivity index (χ1n) is 23.4. The second-order valence-corrected chi connectivity index (χ2v) is 16.6. The molecule has 6 aromatic rings. The molecule has 0 atom stereocenters. The molecule has 0 saturated heterocycles. The van der Waals surface area contributed by atoms with E-state index in [0.717, 1.165) is 61.2 Å². The molecule has 0 radical (unpaired) electrons. The van der Waals surface area contributed by atoms with E-state index in [9.17, 15) is 28.8 Å². The number of unbranched alkanes of at least 4 members (excludes halogenated alkanes) is 6. The van der Waals surface area contributed by atoms with Gasteiger partial charge >= 0.3 is 23.9 Å². The monoisotopic (exact) mass is 938 g/mol. The summed E-state index contributed by atoms with van der Waals surface area (Å²) in [5, 5.41) is 0. The third kappa shape index (κ3) is 12.6. The third-order valence-electron chi connectivity index (χ3n) is 11.6. The van der Waals surface area contributed by atoms with Crippen LogP contribution in [0, 0.1) is 0 Å². The number of allylic oxidation sites excluding steroid dienone is 2. The van der Waals surface area contributed by atoms with Gasteiger partial charge in [-0.2, -0.15) is 0 Å². The molecule has 0 fully saturated rings. The number of carbonyl (C=O) groups is 6. The number of hydrogen-bond donors (Lipinski definition) is 0. The van der Waals surface area contributed by atoms with Gasteiger partial charge in [0, 0.05) is 11.1 Å². The minimum atomic E-state index is -1.12. The SMILES string of the molecule is O=C(C=Cc1ccc(OCCCCCCOc2cc3cc4c2C(=O)OC(=O)c2c(OCCCCCCOc5ccc(C=CC(=O)c6ccccc6)cc5)cc-3cc2C(=O)OC4=O)cc1)c1ccccc1. The Morgan fingerprint density at radius 2 is 0.757 bits per heavy atom. The maximum atomic E-state index is 13.7. The van der Waals surface area contributed by atoms with Gasteiger partial charge < -0.3 is 28.4 Å². The molecule has 8 rings (SSSR count). The van der Waals surface area contributed by atoms with Crippen LogP contribution in [0.5, 0.6) is 23.0 Å². The third-order valence-corrected chi connectivity index (χ3v) is 11.6. The molecular formula is C58H50O12. The zero-order chi connectivity index (χ0) is 48.7. The topological polar surface area (TPSA) is 158 Å². The molecule has 12 heteroatoms. The van der Waals surface area contributed by atoms with Crippen molar-refractivity contribution in [3.63, 3.8) is 0 Å². The molecule has 2 heterocycles. The molecule has 70 heavy (non-hydrogen) atoms. The van der Waals surface area contributed by atoms with Crippen LogP contribution in [0.1, 0.15) is 125 Å². The van der Waals surface area contributed by atoms with Gasteiger partial charge in [0.25, 0.3) is 0 Å². The summed E-state index contributed by atoms with van der Waals surface area (Å²) in [7, 11) is 0. The first kappa shape index (κ1) is 48.1. The van der Waals surface area contributed by atoms with Crippen LogP contribution in [0.15, 0.2) is 146 Å². The van der Waals surface area contributed by atoms with E-state index in [1.54, 1.807) is 60.7 Å². The summed E-state index contributed by atoms with van der Waals surface area (Å²) in [4.78, 5) is 78.9. The summed E-state index contributed by atoms with van der Waals surface area (Å²) in [5.74, 6) is -3.07. The van der Waals surface area contributed by atoms with Crippen molar-refractivity contribution in [3.05, 3.63) is 190 Å². The average molecular weight is 939 g/mol. The molecular weight excluding hydrogens is 889 g/mol. The van der Waals surface area contributed by atoms with Gasteiger partial charge in [0.1, 0.15) is 34.1 Å². The van der Waals surface area contributed by atoms with E-state index in [1.165, 1.54) is 12.1 Å². The van der Waals surface area contributed by atoms with Gasteiger partial charge in [0.15, 0.2) is 11.6 Å². The highest BCUT2D eigenvalue weighted by Gasteiger charge is 2.37. The molecule has 354 valence electrons. The highest BCUT2D eigenvalue weighted by molar-refractivity contribution is 6.18. The Hall–Kier alpha value is -8.38. The van der Waals surface area contributed by atoms with Gasteiger partial charge in [-0.1, -0.05) is 97.1 Å². The number of esters is 4. The maximum Gasteiger partial charge on any atom is 0.350 e. The van der Waals surface area contributed by atoms with E-state index in [4.69, 9.17) is 28.4 Å². The van der Waals surface area contributed by atoms with Gasteiger partial charge in [0.05, 0.1) is 37.6 Å². The fraction of sp³-hybridized carbons (Fsp3) is 0.207. The number of rotatable bonds is 24. The van der Waals surface area contributed by atoms with E-state index >= 15 is 0 Å². The van der Waals surface area contributed by atoms with Crippen molar-refractivity contribution < 1.29 is 57.2 Å². The molecule has 0 N–H and O–H groups in total. The van der Waals surface area contributed by atoms with Gasteiger partial charge in [0.2, 0.25) is 0 Å². The second kappa shape index (κ2) is 23.6. The van der Waals surface area contributed by atoms with Crippen LogP contribution < -0.4 is 18.9 Å². The highest BCUT2D eigenvalue weighted by Crippen LogP contribution is 2.39. The summed E-state index contributed by atoms with van der Waals surface area (Å²) in [6, 6.07) is 39.2. The van der Waals surface area contributed by atoms with Crippen LogP contribution in [0.2, 0.25) is 0 Å². The highest BCUT2D eigenvalue weighted by atomic mass is 16.6. The molecule has 0 unspecified atom stereocenters. The van der Waals surface area contributed by atoms with Crippen LogP contribution in [0.3, 0.4) is 0 Å². The molecule has 0 spiro atoms. The van der Waals surface area contributed by atoms with Crippen LogP contribution in [0.4, 0.5) is 0 Å². The van der Waals surface area contributed by atoms with Gasteiger partial charge in [-0.05, 0) is 134 Å². The largest absolute Gasteiger partial charge is 0.494 e. The Balaban J connectivity index is 0.802. The predicted molar refractivity (Wildman–Crippen MR) is 263 cm³/mol. The Morgan fingerprint density at radius 1 is 0.400 bits per heavy atom. The molecule has 2 aliphatic heterocycles. The summed E-state index contributed by atoms with van der Waals surface area (Å²) >= 11 is 0. The lowest BCUT2D eigenvalue weighted by Crippen LogP contribution is -2.24. The van der Waals surface area contributed by atoms with Crippen molar-refractivity contribution in [1.82, 2.24) is 0 Å². The van der Waals surface area contributed by atoms with E-state index in [0.29, 0.717) is 48.3 Å². The van der Waals surface area contributed by atoms with Crippen molar-refractivity contribution >= 4 is 47.6 Å². The average Bonchev–Trinajstić information content (AvgIpc) is 3.41. The minimum Gasteiger partial charge on any atom is -0.494 e. The Labute approximate surface area is 405 Å². The molecule has 0 aromatic heterocycles. The number of ketones is 2. The Bertz CT molecular complexity index is 2720. The van der Waals surface area contributed by atoms with Crippen molar-refractivity contribution in [1.29, 1.82) is 0 Å². The number of benzene rings is 6. The lowest BCUT2D eigenvalue weighted by molar-refractivity contribution is 0.0329. The molecule has 6 aromatic carbocycles. The normalized spacial score (nSPS) is 12.7. The number of cyclic esters (lactones) is 2. The molecule has 12 nitrogen and oxygen atoms in total. The quantitative estimate of drug-likeness (QED) is 0.0186. The van der Waals surface area contributed by atoms with Gasteiger partial charge in [-0.15, -0.1) is 0 Å². The molecule has 0 saturated carbocycles. The first-order chi connectivity index (χ1) is 34.2. The van der Waals surface area contributed by atoms with Crippen LogP contribution >= 0.6 is 0 Å². The number of hydrogen-bond acceptors (Lipinski definition) is 12. The number of ether oxygens (including phenoxy) is 6. The smallest absolute Gasteiger partial charge is 0.350 e. The number of fused-ring (bicyclic) bond motifs is 5. The fourth-order valence-corrected chi connectivity index (χ4v) is 7.87. The van der Waals surface area contributed by atoms with Crippen molar-refractivity contribution in [2.75, 3.05) is 26.4 Å². The predicted octanol–water partition coefficient (Wildman–Crippen LogP) is 11.8. The van der Waals surface area contributed by atoms with Gasteiger partial charge in [-0.3, -0.25) is 9.59 Å². The Kier molecular flexibility index (Phi) is 16.2. The molecule has 2 aliphatic rings. The zero-order valence-corrected chi connectivity index (χ0v) is 38.4. The molecule has 0 amide bonds. The second-order valence-electron chi connectivity index (χ2n) is 16.6. The van der Waals surface area contributed by atoms with Crippen molar-refractivity contribution in [3.8, 4) is 34.1 Å². The van der Waals surface area contributed by atoms with E-state index in [2.05, 4.69) is 0 Å². The molecule has 4 bridgehead atoms. The summed E-state index contributed by atoms with van der Waals surface area (Å²) < 4.78 is 34.6. The van der Waals surface area contributed by atoms with E-state index < -0.39 is 23.9 Å². The van der Waals surface area contributed by atoms with E-state index in [1.807, 2.05) is 84.9 Å². The number of carbonyl (C=O) groups excluding carboxylic acids is 6. The standard InChI is InChI=1S/C58H50O12/c59-49(41-15-7-5-8-16-41)29-23-39-19-25-45(26-20-39)65-31-11-1-3-13-33-67-51-37-43-35-47-53(51)57(63)70-58(64)54-48(56(62)69-55(47)61)36-44(43)38-52(54)68-34-14-4-2-12-32-66-46-27-21-40(22-28-46)24-30-50(60)42-17-9-6-10-18-42/h5-10,15-30,35-38H,1-4,11-14,31-34H2. The zero-order valence-electron chi connectivity index (χ0n) is 38.4. The summed E-state index contributed by atoms with van der Waals surface area (Å²) in [6.07, 6.45) is 12.6. The lowest BCUT2D eigenvalue weighted by atomic mass is 9.95. The molecule has 0 aliphatic carbocycles. The summed E-state index contributed by atoms with van der Waals surface area (Å²) in [6.45, 7) is 1.36. The van der Waals surface area contributed by atoms with Crippen LogP contribution in [0.25, 0.3) is 23.3 Å². The maximum absolute atomic E-state index is 13.7. The van der Waals surface area contributed by atoms with Crippen LogP contribution in [-0.2, 0) is 9.47 Å². The minimum absolute atomic E-state index is 0.0155. The first-order valence-corrected chi connectivity index (χ1v) is 23.4. The van der Waals surface area contributed by atoms with Crippen LogP contribution in [-0.4, -0.2) is 61.9 Å². The van der Waals surface area contributed by atoms with E-state index in [-0.39, 0.29) is 58.5 Å².